The lowest BCUT2D eigenvalue weighted by Crippen LogP contribution is -2.19. The van der Waals surface area contributed by atoms with Gasteiger partial charge in [-0.25, -0.2) is 0 Å². The van der Waals surface area contributed by atoms with Gasteiger partial charge in [0, 0.05) is 0 Å². The number of alkyl halides is 6. The highest BCUT2D eigenvalue weighted by Gasteiger charge is 2.36. The van der Waals surface area contributed by atoms with Crippen LogP contribution < -0.4 is 5.46 Å². The molecular formula is C8H4BF7. The van der Waals surface area contributed by atoms with Gasteiger partial charge in [-0.1, -0.05) is 12.1 Å². The predicted molar refractivity (Wildman–Crippen MR) is 44.3 cm³/mol. The molecule has 0 bridgehead atoms. The van der Waals surface area contributed by atoms with Gasteiger partial charge in [-0.05, 0) is 11.5 Å². The van der Waals surface area contributed by atoms with Crippen molar-refractivity contribution in [1.82, 2.24) is 0 Å². The molecule has 88 valence electrons. The van der Waals surface area contributed by atoms with E-state index in [9.17, 15) is 30.7 Å². The topological polar surface area (TPSA) is 0 Å². The quantitative estimate of drug-likeness (QED) is 0.526. The Morgan fingerprint density at radius 3 is 1.38 bits per heavy atom. The molecule has 0 radical (unpaired) electrons. The molecule has 0 unspecified atom stereocenters. The molecule has 1 rings (SSSR count). The molecule has 0 atom stereocenters. The summed E-state index contributed by atoms with van der Waals surface area (Å²) in [6.45, 7) is 0. The summed E-state index contributed by atoms with van der Waals surface area (Å²) in [4.78, 5) is 0. The fourth-order valence-electron chi connectivity index (χ4n) is 1.10. The molecule has 0 aliphatic carbocycles. The lowest BCUT2D eigenvalue weighted by Gasteiger charge is -2.12. The van der Waals surface area contributed by atoms with Crippen LogP contribution in [0.5, 0.6) is 0 Å². The molecule has 0 amide bonds. The molecule has 0 saturated heterocycles. The minimum atomic E-state index is -4.93. The van der Waals surface area contributed by atoms with E-state index in [4.69, 9.17) is 0 Å². The zero-order valence-electron chi connectivity index (χ0n) is 7.58. The maximum absolute atomic E-state index is 12.2. The van der Waals surface area contributed by atoms with Crippen LogP contribution in [0.1, 0.15) is 11.1 Å². The Balaban J connectivity index is 3.33. The maximum atomic E-state index is 12.2. The summed E-state index contributed by atoms with van der Waals surface area (Å²) in [6, 6.07) is 0.670. The maximum Gasteiger partial charge on any atom is 0.416 e. The largest absolute Gasteiger partial charge is 0.416 e. The zero-order chi connectivity index (χ0) is 12.6. The summed E-state index contributed by atoms with van der Waals surface area (Å²) < 4.78 is 85.2. The van der Waals surface area contributed by atoms with Gasteiger partial charge in [0.15, 0.2) is 0 Å². The SMILES string of the molecule is FBc1cc(C(F)(F)F)cc(C(F)(F)F)c1. The Morgan fingerprint density at radius 2 is 1.12 bits per heavy atom. The highest BCUT2D eigenvalue weighted by molar-refractivity contribution is 6.46. The highest BCUT2D eigenvalue weighted by Crippen LogP contribution is 2.34. The van der Waals surface area contributed by atoms with Crippen LogP contribution in [0, 0.1) is 0 Å². The summed E-state index contributed by atoms with van der Waals surface area (Å²) in [5, 5.41) is 0. The smallest absolute Gasteiger partial charge is 0.335 e. The monoisotopic (exact) mass is 244 g/mol. The molecule has 0 aromatic heterocycles. The Hall–Kier alpha value is -1.21. The number of rotatable bonds is 1. The zero-order valence-corrected chi connectivity index (χ0v) is 7.58. The summed E-state index contributed by atoms with van der Waals surface area (Å²) in [7, 11) is -1.38. The molecule has 0 aliphatic heterocycles. The molecule has 1 aromatic carbocycles. The van der Waals surface area contributed by atoms with E-state index in [1.165, 1.54) is 0 Å². The van der Waals surface area contributed by atoms with Crippen molar-refractivity contribution in [1.29, 1.82) is 0 Å². The second kappa shape index (κ2) is 3.99. The van der Waals surface area contributed by atoms with Gasteiger partial charge in [0.1, 0.15) is 0 Å². The first-order valence-electron chi connectivity index (χ1n) is 3.99. The van der Waals surface area contributed by atoms with Crippen molar-refractivity contribution in [2.75, 3.05) is 0 Å². The second-order valence-electron chi connectivity index (χ2n) is 3.05. The van der Waals surface area contributed by atoms with Crippen molar-refractivity contribution < 1.29 is 30.7 Å². The molecule has 0 aliphatic rings. The van der Waals surface area contributed by atoms with E-state index in [1.54, 1.807) is 0 Å². The molecule has 8 heteroatoms. The minimum Gasteiger partial charge on any atom is -0.335 e. The molecular weight excluding hydrogens is 240 g/mol. The van der Waals surface area contributed by atoms with E-state index in [1.807, 2.05) is 0 Å². The highest BCUT2D eigenvalue weighted by atomic mass is 19.4. The Labute approximate surface area is 86.4 Å². The van der Waals surface area contributed by atoms with E-state index in [0.717, 1.165) is 0 Å². The first-order chi connectivity index (χ1) is 7.14. The molecule has 0 saturated carbocycles. The number of hydrogen-bond acceptors (Lipinski definition) is 0. The summed E-state index contributed by atoms with van der Waals surface area (Å²) in [5.41, 5.74) is -3.66. The molecule has 0 fully saturated rings. The van der Waals surface area contributed by atoms with E-state index >= 15 is 0 Å². The Kier molecular flexibility index (Phi) is 3.21. The molecule has 0 spiro atoms. The van der Waals surface area contributed by atoms with Crippen molar-refractivity contribution in [3.05, 3.63) is 29.3 Å². The molecule has 16 heavy (non-hydrogen) atoms. The van der Waals surface area contributed by atoms with Crippen LogP contribution in [0.25, 0.3) is 0 Å². The van der Waals surface area contributed by atoms with E-state index in [0.29, 0.717) is 12.1 Å². The fourth-order valence-corrected chi connectivity index (χ4v) is 1.10. The Morgan fingerprint density at radius 1 is 0.750 bits per heavy atom. The number of benzene rings is 1. The van der Waals surface area contributed by atoms with Crippen LogP contribution in [-0.4, -0.2) is 7.56 Å². The third kappa shape index (κ3) is 2.90. The standard InChI is InChI=1S/C8H4BF7/c10-7(11,12)4-1-5(8(13,14)15)3-6(2-4)9-16/h1-3,9H. The van der Waals surface area contributed by atoms with Crippen LogP contribution in [0.2, 0.25) is 0 Å². The molecule has 0 heterocycles. The minimum absolute atomic E-state index is 0.0425. The van der Waals surface area contributed by atoms with E-state index < -0.39 is 36.5 Å². The normalized spacial score (nSPS) is 12.7. The van der Waals surface area contributed by atoms with Gasteiger partial charge < -0.3 is 4.32 Å². The number of hydrogen-bond donors (Lipinski definition) is 0. The molecule has 1 aromatic rings. The first-order valence-corrected chi connectivity index (χ1v) is 3.99. The molecule has 0 N–H and O–H groups in total. The van der Waals surface area contributed by atoms with Gasteiger partial charge >= 0.3 is 19.9 Å². The average molecular weight is 244 g/mol. The van der Waals surface area contributed by atoms with Crippen LogP contribution in [-0.2, 0) is 12.4 Å². The predicted octanol–water partition coefficient (Wildman–Crippen LogP) is 2.67. The van der Waals surface area contributed by atoms with E-state index in [2.05, 4.69) is 0 Å². The van der Waals surface area contributed by atoms with Crippen molar-refractivity contribution >= 4 is 13.0 Å². The number of halogens is 7. The third-order valence-corrected chi connectivity index (χ3v) is 1.80. The van der Waals surface area contributed by atoms with Crippen molar-refractivity contribution in [3.63, 3.8) is 0 Å². The summed E-state index contributed by atoms with van der Waals surface area (Å²) in [6.07, 6.45) is -9.85. The van der Waals surface area contributed by atoms with Gasteiger partial charge in [-0.3, -0.25) is 0 Å². The van der Waals surface area contributed by atoms with Crippen molar-refractivity contribution in [2.45, 2.75) is 12.4 Å². The lowest BCUT2D eigenvalue weighted by atomic mass is 9.88. The second-order valence-corrected chi connectivity index (χ2v) is 3.05. The Bertz CT molecular complexity index is 347. The van der Waals surface area contributed by atoms with Gasteiger partial charge in [0.2, 0.25) is 0 Å². The van der Waals surface area contributed by atoms with E-state index in [-0.39, 0.29) is 6.07 Å². The van der Waals surface area contributed by atoms with Gasteiger partial charge in [-0.2, -0.15) is 26.3 Å². The van der Waals surface area contributed by atoms with Crippen LogP contribution >= 0.6 is 0 Å². The lowest BCUT2D eigenvalue weighted by molar-refractivity contribution is -0.142. The summed E-state index contributed by atoms with van der Waals surface area (Å²) >= 11 is 0. The van der Waals surface area contributed by atoms with Crippen molar-refractivity contribution in [3.8, 4) is 0 Å². The van der Waals surface area contributed by atoms with Gasteiger partial charge in [0.05, 0.1) is 11.1 Å². The van der Waals surface area contributed by atoms with Crippen LogP contribution in [0.4, 0.5) is 30.7 Å². The third-order valence-electron chi connectivity index (χ3n) is 1.80. The summed E-state index contributed by atoms with van der Waals surface area (Å²) in [5.74, 6) is 0. The first kappa shape index (κ1) is 12.9. The van der Waals surface area contributed by atoms with Crippen LogP contribution in [0.3, 0.4) is 0 Å². The van der Waals surface area contributed by atoms with Gasteiger partial charge in [0.25, 0.3) is 0 Å². The van der Waals surface area contributed by atoms with Gasteiger partial charge in [-0.15, -0.1) is 0 Å². The van der Waals surface area contributed by atoms with Crippen LogP contribution in [0.15, 0.2) is 18.2 Å². The van der Waals surface area contributed by atoms with Crippen molar-refractivity contribution in [2.24, 2.45) is 0 Å². The average Bonchev–Trinajstić information content (AvgIpc) is 2.14. The fraction of sp³-hybridized carbons (Fsp3) is 0.250. The molecule has 0 nitrogen and oxygen atoms in total.